The Balaban J connectivity index is 2.20. The van der Waals surface area contributed by atoms with Gasteiger partial charge in [-0.3, -0.25) is 0 Å². The zero-order valence-corrected chi connectivity index (χ0v) is 11.1. The van der Waals surface area contributed by atoms with Crippen molar-refractivity contribution in [3.05, 3.63) is 59.0 Å². The second-order valence-corrected chi connectivity index (χ2v) is 5.34. The maximum absolute atomic E-state index is 13.7. The van der Waals surface area contributed by atoms with Gasteiger partial charge in [0.25, 0.3) is 0 Å². The van der Waals surface area contributed by atoms with Crippen LogP contribution in [0.5, 0.6) is 0 Å². The summed E-state index contributed by atoms with van der Waals surface area (Å²) in [5, 5.41) is 1.20. The summed E-state index contributed by atoms with van der Waals surface area (Å²) in [4.78, 5) is 4.17. The summed E-state index contributed by atoms with van der Waals surface area (Å²) >= 11 is 7.20. The molecule has 1 atom stereocenters. The van der Waals surface area contributed by atoms with Crippen molar-refractivity contribution in [2.75, 3.05) is 6.54 Å². The van der Waals surface area contributed by atoms with Crippen molar-refractivity contribution < 1.29 is 4.39 Å². The SMILES string of the molecule is NCC(Sc1ccc(Cl)cn1)c1ccccc1F. The third-order valence-electron chi connectivity index (χ3n) is 2.43. The average Bonchev–Trinajstić information content (AvgIpc) is 2.39. The number of hydrogen-bond donors (Lipinski definition) is 1. The zero-order chi connectivity index (χ0) is 13.0. The fraction of sp³-hybridized carbons (Fsp3) is 0.154. The molecular formula is C13H12ClFN2S. The molecule has 0 fully saturated rings. The van der Waals surface area contributed by atoms with Crippen molar-refractivity contribution in [1.29, 1.82) is 0 Å². The average molecular weight is 283 g/mol. The van der Waals surface area contributed by atoms with Gasteiger partial charge in [0.05, 0.1) is 15.3 Å². The lowest BCUT2D eigenvalue weighted by Gasteiger charge is -2.14. The first kappa shape index (κ1) is 13.3. The molecule has 0 aliphatic heterocycles. The highest BCUT2D eigenvalue weighted by molar-refractivity contribution is 7.99. The molecule has 0 radical (unpaired) electrons. The standard InChI is InChI=1S/C13H12ClFN2S/c14-9-5-6-13(17-8-9)18-12(7-16)10-3-1-2-4-11(10)15/h1-6,8,12H,7,16H2. The summed E-state index contributed by atoms with van der Waals surface area (Å²) < 4.78 is 13.7. The van der Waals surface area contributed by atoms with E-state index in [0.717, 1.165) is 5.03 Å². The molecule has 0 aliphatic carbocycles. The molecule has 2 aromatic rings. The summed E-state index contributed by atoms with van der Waals surface area (Å²) in [6, 6.07) is 10.2. The van der Waals surface area contributed by atoms with Crippen LogP contribution in [0.25, 0.3) is 0 Å². The van der Waals surface area contributed by atoms with Crippen molar-refractivity contribution in [3.8, 4) is 0 Å². The Bertz CT molecular complexity index is 519. The largest absolute Gasteiger partial charge is 0.329 e. The van der Waals surface area contributed by atoms with Gasteiger partial charge in [0.2, 0.25) is 0 Å². The third kappa shape index (κ3) is 3.22. The minimum atomic E-state index is -0.241. The maximum atomic E-state index is 13.7. The lowest BCUT2D eigenvalue weighted by atomic mass is 10.1. The molecule has 0 saturated carbocycles. The predicted molar refractivity (Wildman–Crippen MR) is 73.3 cm³/mol. The van der Waals surface area contributed by atoms with Crippen LogP contribution in [-0.4, -0.2) is 11.5 Å². The number of aromatic nitrogens is 1. The van der Waals surface area contributed by atoms with Crippen LogP contribution in [-0.2, 0) is 0 Å². The number of rotatable bonds is 4. The summed E-state index contributed by atoms with van der Waals surface area (Å²) in [6.07, 6.45) is 1.57. The molecule has 0 saturated heterocycles. The second kappa shape index (κ2) is 6.18. The lowest BCUT2D eigenvalue weighted by molar-refractivity contribution is 0.608. The monoisotopic (exact) mass is 282 g/mol. The van der Waals surface area contributed by atoms with E-state index in [2.05, 4.69) is 4.98 Å². The maximum Gasteiger partial charge on any atom is 0.127 e. The quantitative estimate of drug-likeness (QED) is 0.870. The summed E-state index contributed by atoms with van der Waals surface area (Å²) in [5.41, 5.74) is 6.31. The number of pyridine rings is 1. The van der Waals surface area contributed by atoms with Gasteiger partial charge < -0.3 is 5.73 Å². The minimum absolute atomic E-state index is 0.153. The fourth-order valence-corrected chi connectivity index (χ4v) is 2.63. The molecule has 0 bridgehead atoms. The van der Waals surface area contributed by atoms with E-state index in [4.69, 9.17) is 17.3 Å². The van der Waals surface area contributed by atoms with Crippen LogP contribution in [0.3, 0.4) is 0 Å². The van der Waals surface area contributed by atoms with Crippen LogP contribution in [0.15, 0.2) is 47.6 Å². The van der Waals surface area contributed by atoms with Gasteiger partial charge in [-0.2, -0.15) is 0 Å². The second-order valence-electron chi connectivity index (χ2n) is 3.68. The molecule has 1 heterocycles. The molecule has 0 spiro atoms. The Morgan fingerprint density at radius 2 is 2.06 bits per heavy atom. The summed E-state index contributed by atoms with van der Waals surface area (Å²) in [5.74, 6) is -0.241. The van der Waals surface area contributed by atoms with Crippen LogP contribution in [0.1, 0.15) is 10.8 Å². The molecule has 0 amide bonds. The Morgan fingerprint density at radius 3 is 2.67 bits per heavy atom. The van der Waals surface area contributed by atoms with Gasteiger partial charge in [0.15, 0.2) is 0 Å². The molecule has 0 aliphatic rings. The van der Waals surface area contributed by atoms with Crippen molar-refractivity contribution in [1.82, 2.24) is 4.98 Å². The van der Waals surface area contributed by atoms with Gasteiger partial charge in [-0.1, -0.05) is 41.6 Å². The van der Waals surface area contributed by atoms with Gasteiger partial charge in [0, 0.05) is 18.3 Å². The van der Waals surface area contributed by atoms with Gasteiger partial charge >= 0.3 is 0 Å². The molecule has 5 heteroatoms. The van der Waals surface area contributed by atoms with Crippen LogP contribution in [0, 0.1) is 5.82 Å². The van der Waals surface area contributed by atoms with E-state index in [9.17, 15) is 4.39 Å². The Labute approximate surface area is 114 Å². The predicted octanol–water partition coefficient (Wildman–Crippen LogP) is 3.67. The molecule has 1 aromatic carbocycles. The van der Waals surface area contributed by atoms with Crippen molar-refractivity contribution in [2.24, 2.45) is 5.73 Å². The lowest BCUT2D eigenvalue weighted by Crippen LogP contribution is -2.11. The molecule has 1 aromatic heterocycles. The molecule has 94 valence electrons. The Morgan fingerprint density at radius 1 is 1.28 bits per heavy atom. The van der Waals surface area contributed by atoms with E-state index in [1.165, 1.54) is 17.8 Å². The van der Waals surface area contributed by atoms with Crippen molar-refractivity contribution >= 4 is 23.4 Å². The molecule has 18 heavy (non-hydrogen) atoms. The van der Waals surface area contributed by atoms with E-state index in [-0.39, 0.29) is 11.1 Å². The first-order valence-electron chi connectivity index (χ1n) is 5.43. The van der Waals surface area contributed by atoms with E-state index >= 15 is 0 Å². The fourth-order valence-electron chi connectivity index (χ4n) is 1.55. The van der Waals surface area contributed by atoms with Gasteiger partial charge in [-0.25, -0.2) is 9.37 Å². The Hall–Kier alpha value is -1.10. The first-order valence-corrected chi connectivity index (χ1v) is 6.69. The van der Waals surface area contributed by atoms with E-state index in [0.29, 0.717) is 17.1 Å². The van der Waals surface area contributed by atoms with E-state index in [1.807, 2.05) is 0 Å². The van der Waals surface area contributed by atoms with Crippen LogP contribution < -0.4 is 5.73 Å². The molecule has 2 N–H and O–H groups in total. The molecule has 2 rings (SSSR count). The molecule has 1 unspecified atom stereocenters. The molecular weight excluding hydrogens is 271 g/mol. The number of halogens is 2. The Kier molecular flexibility index (Phi) is 4.58. The summed E-state index contributed by atoms with van der Waals surface area (Å²) in [7, 11) is 0. The van der Waals surface area contributed by atoms with Crippen LogP contribution in [0.2, 0.25) is 5.02 Å². The van der Waals surface area contributed by atoms with Crippen LogP contribution in [0.4, 0.5) is 4.39 Å². The minimum Gasteiger partial charge on any atom is -0.329 e. The number of benzene rings is 1. The van der Waals surface area contributed by atoms with E-state index < -0.39 is 0 Å². The van der Waals surface area contributed by atoms with E-state index in [1.54, 1.807) is 36.5 Å². The van der Waals surface area contributed by atoms with Crippen LogP contribution >= 0.6 is 23.4 Å². The normalized spacial score (nSPS) is 12.4. The highest BCUT2D eigenvalue weighted by atomic mass is 35.5. The number of hydrogen-bond acceptors (Lipinski definition) is 3. The van der Waals surface area contributed by atoms with Gasteiger partial charge in [0.1, 0.15) is 5.82 Å². The van der Waals surface area contributed by atoms with Crippen molar-refractivity contribution in [2.45, 2.75) is 10.3 Å². The topological polar surface area (TPSA) is 38.9 Å². The smallest absolute Gasteiger partial charge is 0.127 e. The summed E-state index contributed by atoms with van der Waals surface area (Å²) in [6.45, 7) is 0.343. The number of nitrogens with zero attached hydrogens (tertiary/aromatic N) is 1. The highest BCUT2D eigenvalue weighted by Gasteiger charge is 2.15. The first-order chi connectivity index (χ1) is 8.70. The number of thioether (sulfide) groups is 1. The number of nitrogens with two attached hydrogens (primary N) is 1. The third-order valence-corrected chi connectivity index (χ3v) is 3.87. The highest BCUT2D eigenvalue weighted by Crippen LogP contribution is 2.34. The zero-order valence-electron chi connectivity index (χ0n) is 9.51. The van der Waals surface area contributed by atoms with Crippen molar-refractivity contribution in [3.63, 3.8) is 0 Å². The van der Waals surface area contributed by atoms with Gasteiger partial charge in [-0.05, 0) is 18.2 Å². The van der Waals surface area contributed by atoms with Gasteiger partial charge in [-0.15, -0.1) is 0 Å². The molecule has 2 nitrogen and oxygen atoms in total.